The molecule has 2 amide bonds. The number of hydrogen-bond acceptors (Lipinski definition) is 6. The maximum absolute atomic E-state index is 13.1. The van der Waals surface area contributed by atoms with Gasteiger partial charge in [-0.1, -0.05) is 35.5 Å². The highest BCUT2D eigenvalue weighted by molar-refractivity contribution is 8.16. The predicted molar refractivity (Wildman–Crippen MR) is 126 cm³/mol. The van der Waals surface area contributed by atoms with Gasteiger partial charge in [-0.2, -0.15) is 0 Å². The number of halogens is 1. The van der Waals surface area contributed by atoms with Crippen LogP contribution < -0.4 is 5.32 Å². The number of nitrogens with one attached hydrogen (secondary N) is 1. The first-order valence-electron chi connectivity index (χ1n) is 10.1. The number of amidine groups is 1. The van der Waals surface area contributed by atoms with Crippen molar-refractivity contribution in [3.8, 4) is 0 Å². The molecule has 0 saturated heterocycles. The lowest BCUT2D eigenvalue weighted by Gasteiger charge is -2.37. The van der Waals surface area contributed by atoms with E-state index in [9.17, 15) is 9.59 Å². The molecule has 1 atom stereocenters. The average Bonchev–Trinajstić information content (AvgIpc) is 3.41. The number of nitrogens with zero attached hydrogens (tertiary/aromatic N) is 3. The molecule has 3 heterocycles. The van der Waals surface area contributed by atoms with Crippen molar-refractivity contribution in [2.75, 3.05) is 14.1 Å². The molecule has 2 aliphatic heterocycles. The summed E-state index contributed by atoms with van der Waals surface area (Å²) in [5.74, 6) is 0.421. The third-order valence-corrected chi connectivity index (χ3v) is 6.35. The number of thioether (sulfide) groups is 1. The summed E-state index contributed by atoms with van der Waals surface area (Å²) in [6, 6.07) is 10.6. The highest BCUT2D eigenvalue weighted by Crippen LogP contribution is 2.45. The minimum Gasteiger partial charge on any atom is -0.467 e. The Hall–Kier alpha value is -2.97. The molecule has 0 bridgehead atoms. The van der Waals surface area contributed by atoms with Gasteiger partial charge >= 0.3 is 0 Å². The number of hydrogen-bond donors (Lipinski definition) is 1. The summed E-state index contributed by atoms with van der Waals surface area (Å²) >= 11 is 7.56. The molecule has 0 radical (unpaired) electrons. The maximum atomic E-state index is 13.1. The second-order valence-electron chi connectivity index (χ2n) is 7.68. The number of likely N-dealkylation sites (N-methyl/N-ethyl adjacent to an activating group) is 1. The normalized spacial score (nSPS) is 17.6. The fraction of sp³-hybridized carbons (Fsp3) is 0.261. The first kappa shape index (κ1) is 22.2. The summed E-state index contributed by atoms with van der Waals surface area (Å²) in [7, 11) is 3.44. The zero-order chi connectivity index (χ0) is 22.8. The van der Waals surface area contributed by atoms with E-state index in [1.807, 2.05) is 35.4 Å². The molecule has 1 aromatic carbocycles. The number of amides is 2. The molecular weight excluding hydrogens is 448 g/mol. The number of carbonyl (C=O) groups excluding carboxylic acids is 2. The Morgan fingerprint density at radius 3 is 2.66 bits per heavy atom. The van der Waals surface area contributed by atoms with Gasteiger partial charge in [0.05, 0.1) is 36.5 Å². The van der Waals surface area contributed by atoms with Crippen molar-refractivity contribution in [1.29, 1.82) is 0 Å². The summed E-state index contributed by atoms with van der Waals surface area (Å²) in [6.45, 7) is 2.16. The van der Waals surface area contributed by atoms with E-state index in [2.05, 4.69) is 10.3 Å². The summed E-state index contributed by atoms with van der Waals surface area (Å²) in [5, 5.41) is 6.15. The fourth-order valence-corrected chi connectivity index (χ4v) is 4.76. The minimum absolute atomic E-state index is 0.122. The first-order chi connectivity index (χ1) is 15.3. The second-order valence-corrected chi connectivity index (χ2v) is 8.95. The predicted octanol–water partition coefficient (Wildman–Crippen LogP) is 4.30. The molecule has 2 aromatic rings. The molecule has 32 heavy (non-hydrogen) atoms. The molecule has 0 unspecified atom stereocenters. The molecule has 0 aliphatic carbocycles. The number of allylic oxidation sites excluding steroid dienone is 1. The van der Waals surface area contributed by atoms with Crippen molar-refractivity contribution in [2.24, 2.45) is 4.99 Å². The van der Waals surface area contributed by atoms with Crippen LogP contribution in [-0.2, 0) is 16.1 Å². The van der Waals surface area contributed by atoms with Gasteiger partial charge in [0, 0.05) is 24.8 Å². The second kappa shape index (κ2) is 9.26. The van der Waals surface area contributed by atoms with Crippen molar-refractivity contribution in [2.45, 2.75) is 25.9 Å². The summed E-state index contributed by atoms with van der Waals surface area (Å²) in [5.41, 5.74) is 2.92. The zero-order valence-corrected chi connectivity index (χ0v) is 19.5. The number of benzene rings is 1. The third kappa shape index (κ3) is 4.47. The van der Waals surface area contributed by atoms with Gasteiger partial charge in [-0.25, -0.2) is 4.99 Å². The SMILES string of the molecule is CC1=C(C(=O)N(C)C)[C@@H](c2ccc(Cl)cc2)N2C(CC(=O)NCc3ccco3)=CSC2=N1. The standard InChI is InChI=1S/C23H23ClN4O3S/c1-14-20(22(30)27(2)3)21(15-6-8-16(24)9-7-15)28-17(13-32-23(28)26-14)11-19(29)25-12-18-5-4-10-31-18/h4-10,13,21H,11-12H2,1-3H3,(H,25,29)/t21-/m1/s1. The van der Waals surface area contributed by atoms with E-state index in [4.69, 9.17) is 16.0 Å². The Morgan fingerprint density at radius 1 is 1.25 bits per heavy atom. The summed E-state index contributed by atoms with van der Waals surface area (Å²) in [4.78, 5) is 34.0. The van der Waals surface area contributed by atoms with Crippen molar-refractivity contribution in [3.05, 3.63) is 81.4 Å². The van der Waals surface area contributed by atoms with Crippen LogP contribution in [0.25, 0.3) is 0 Å². The Labute approximate surface area is 195 Å². The molecule has 166 valence electrons. The molecule has 1 aromatic heterocycles. The average molecular weight is 471 g/mol. The minimum atomic E-state index is -0.409. The number of aliphatic imine (C=N–C) groups is 1. The van der Waals surface area contributed by atoms with E-state index in [-0.39, 0.29) is 18.2 Å². The van der Waals surface area contributed by atoms with Crippen LogP contribution in [0, 0.1) is 0 Å². The van der Waals surface area contributed by atoms with Crippen molar-refractivity contribution >= 4 is 40.3 Å². The Morgan fingerprint density at radius 2 is 2.00 bits per heavy atom. The Kier molecular flexibility index (Phi) is 6.43. The van der Waals surface area contributed by atoms with Gasteiger partial charge in [0.2, 0.25) is 5.91 Å². The highest BCUT2D eigenvalue weighted by atomic mass is 35.5. The van der Waals surface area contributed by atoms with Gasteiger partial charge in [-0.15, -0.1) is 0 Å². The van der Waals surface area contributed by atoms with Gasteiger partial charge in [0.15, 0.2) is 5.17 Å². The Bertz CT molecular complexity index is 1120. The van der Waals surface area contributed by atoms with Crippen LogP contribution in [0.15, 0.2) is 74.4 Å². The largest absolute Gasteiger partial charge is 0.467 e. The van der Waals surface area contributed by atoms with Gasteiger partial charge in [0.25, 0.3) is 5.91 Å². The molecule has 1 N–H and O–H groups in total. The van der Waals surface area contributed by atoms with E-state index in [1.165, 1.54) is 11.8 Å². The van der Waals surface area contributed by atoms with Crippen LogP contribution in [0.5, 0.6) is 0 Å². The monoisotopic (exact) mass is 470 g/mol. The number of carbonyl (C=O) groups is 2. The van der Waals surface area contributed by atoms with E-state index in [0.29, 0.717) is 28.6 Å². The van der Waals surface area contributed by atoms with E-state index < -0.39 is 6.04 Å². The summed E-state index contributed by atoms with van der Waals surface area (Å²) < 4.78 is 5.28. The van der Waals surface area contributed by atoms with E-state index in [0.717, 1.165) is 16.4 Å². The lowest BCUT2D eigenvalue weighted by Crippen LogP contribution is -2.40. The van der Waals surface area contributed by atoms with Crippen LogP contribution in [0.2, 0.25) is 5.02 Å². The first-order valence-corrected chi connectivity index (χ1v) is 11.3. The van der Waals surface area contributed by atoms with E-state index in [1.54, 1.807) is 43.5 Å². The molecule has 0 fully saturated rings. The fourth-order valence-electron chi connectivity index (χ4n) is 3.67. The summed E-state index contributed by atoms with van der Waals surface area (Å²) in [6.07, 6.45) is 1.72. The van der Waals surface area contributed by atoms with Gasteiger partial charge in [0.1, 0.15) is 5.76 Å². The third-order valence-electron chi connectivity index (χ3n) is 5.20. The van der Waals surface area contributed by atoms with Crippen molar-refractivity contribution in [1.82, 2.24) is 15.1 Å². The van der Waals surface area contributed by atoms with Crippen LogP contribution in [0.4, 0.5) is 0 Å². The number of fused-ring (bicyclic) bond motifs is 1. The highest BCUT2D eigenvalue weighted by Gasteiger charge is 2.40. The lowest BCUT2D eigenvalue weighted by molar-refractivity contribution is -0.125. The smallest absolute Gasteiger partial charge is 0.253 e. The molecule has 0 saturated carbocycles. The van der Waals surface area contributed by atoms with E-state index >= 15 is 0 Å². The lowest BCUT2D eigenvalue weighted by atomic mass is 9.93. The Balaban J connectivity index is 1.64. The molecule has 2 aliphatic rings. The van der Waals surface area contributed by atoms with Gasteiger partial charge in [-0.05, 0) is 42.2 Å². The molecule has 9 heteroatoms. The number of furan rings is 1. The molecule has 7 nitrogen and oxygen atoms in total. The van der Waals surface area contributed by atoms with Crippen LogP contribution >= 0.6 is 23.4 Å². The van der Waals surface area contributed by atoms with Crippen LogP contribution in [0.3, 0.4) is 0 Å². The number of rotatable bonds is 6. The topological polar surface area (TPSA) is 78.2 Å². The quantitative estimate of drug-likeness (QED) is 0.680. The van der Waals surface area contributed by atoms with Crippen molar-refractivity contribution < 1.29 is 14.0 Å². The zero-order valence-electron chi connectivity index (χ0n) is 18.0. The van der Waals surface area contributed by atoms with Gasteiger partial charge in [-0.3, -0.25) is 9.59 Å². The molecular formula is C23H23ClN4O3S. The van der Waals surface area contributed by atoms with Gasteiger partial charge < -0.3 is 19.5 Å². The van der Waals surface area contributed by atoms with Crippen molar-refractivity contribution in [3.63, 3.8) is 0 Å². The van der Waals surface area contributed by atoms with Crippen LogP contribution in [-0.4, -0.2) is 40.9 Å². The van der Waals surface area contributed by atoms with Crippen LogP contribution in [0.1, 0.15) is 30.7 Å². The maximum Gasteiger partial charge on any atom is 0.253 e. The molecule has 0 spiro atoms. The molecule has 4 rings (SSSR count).